The zero-order chi connectivity index (χ0) is 18.2. The summed E-state index contributed by atoms with van der Waals surface area (Å²) in [7, 11) is -4.82. The van der Waals surface area contributed by atoms with E-state index >= 15 is 0 Å². The van der Waals surface area contributed by atoms with E-state index in [4.69, 9.17) is 14.4 Å². The lowest BCUT2D eigenvalue weighted by atomic mass is 9.95. The minimum atomic E-state index is -4.82. The zero-order valence-electron chi connectivity index (χ0n) is 14.0. The number of aliphatic carboxylic acids is 1. The average molecular weight is 350 g/mol. The van der Waals surface area contributed by atoms with Crippen molar-refractivity contribution >= 4 is 22.1 Å². The number of esters is 1. The first-order chi connectivity index (χ1) is 10.4. The molecule has 0 rings (SSSR count). The van der Waals surface area contributed by atoms with Crippen LogP contribution >= 0.6 is 0 Å². The fraction of sp³-hybridized carbons (Fsp3) is 0.733. The number of carboxylic acid groups (broad SMARTS) is 1. The Balaban J connectivity index is 4.86. The normalized spacial score (nSPS) is 13.0. The van der Waals surface area contributed by atoms with E-state index in [9.17, 15) is 18.0 Å². The third-order valence-electron chi connectivity index (χ3n) is 2.92. The molecule has 23 heavy (non-hydrogen) atoms. The summed E-state index contributed by atoms with van der Waals surface area (Å²) in [5, 5.41) is 6.51. The minimum absolute atomic E-state index is 0.154. The van der Waals surface area contributed by atoms with Crippen molar-refractivity contribution in [2.24, 2.45) is 11.8 Å². The van der Waals surface area contributed by atoms with Gasteiger partial charge in [0.05, 0.1) is 6.42 Å². The lowest BCUT2D eigenvalue weighted by molar-refractivity contribution is -0.146. The van der Waals surface area contributed by atoms with Gasteiger partial charge < -0.3 is 9.84 Å². The second-order valence-corrected chi connectivity index (χ2v) is 7.89. The predicted molar refractivity (Wildman–Crippen MR) is 85.5 cm³/mol. The van der Waals surface area contributed by atoms with E-state index in [1.54, 1.807) is 6.08 Å². The molecule has 7 nitrogen and oxygen atoms in total. The topological polar surface area (TPSA) is 118 Å². The predicted octanol–water partition coefficient (Wildman–Crippen LogP) is 2.28. The van der Waals surface area contributed by atoms with Crippen LogP contribution in [0.4, 0.5) is 0 Å². The Bertz CT molecular complexity index is 520. The summed E-state index contributed by atoms with van der Waals surface area (Å²) >= 11 is 0. The molecular formula is C15H26O7S. The van der Waals surface area contributed by atoms with Crippen LogP contribution in [-0.2, 0) is 24.4 Å². The van der Waals surface area contributed by atoms with Crippen molar-refractivity contribution in [2.45, 2.75) is 52.2 Å². The quantitative estimate of drug-likeness (QED) is 0.352. The summed E-state index contributed by atoms with van der Waals surface area (Å²) in [5.41, 5.74) is 1.09. The van der Waals surface area contributed by atoms with Crippen molar-refractivity contribution in [2.75, 3.05) is 6.61 Å². The molecule has 0 heterocycles. The summed E-state index contributed by atoms with van der Waals surface area (Å²) in [6, 6.07) is 0. The van der Waals surface area contributed by atoms with E-state index in [2.05, 4.69) is 27.7 Å². The molecule has 0 radical (unpaired) electrons. The van der Waals surface area contributed by atoms with E-state index in [1.807, 2.05) is 0 Å². The summed E-state index contributed by atoms with van der Waals surface area (Å²) in [4.78, 5) is 22.3. The Kier molecular flexibility index (Phi) is 9.07. The maximum atomic E-state index is 11.7. The first kappa shape index (κ1) is 21.6. The van der Waals surface area contributed by atoms with Gasteiger partial charge in [-0.05, 0) is 30.8 Å². The van der Waals surface area contributed by atoms with Gasteiger partial charge in [-0.15, -0.1) is 0 Å². The largest absolute Gasteiger partial charge is 0.481 e. The van der Waals surface area contributed by atoms with Crippen molar-refractivity contribution < 1.29 is 32.4 Å². The molecule has 1 atom stereocenters. The van der Waals surface area contributed by atoms with Gasteiger partial charge in [0.1, 0.15) is 6.61 Å². The van der Waals surface area contributed by atoms with Crippen molar-refractivity contribution in [1.29, 1.82) is 0 Å². The summed E-state index contributed by atoms with van der Waals surface area (Å²) in [5.74, 6) is -1.93. The fourth-order valence-corrected chi connectivity index (χ4v) is 2.77. The second-order valence-electron chi connectivity index (χ2n) is 6.29. The highest BCUT2D eigenvalue weighted by molar-refractivity contribution is 7.87. The molecule has 0 saturated carbocycles. The highest BCUT2D eigenvalue weighted by Gasteiger charge is 2.34. The van der Waals surface area contributed by atoms with Gasteiger partial charge in [0.25, 0.3) is 10.1 Å². The molecule has 1 unspecified atom stereocenters. The van der Waals surface area contributed by atoms with E-state index in [0.29, 0.717) is 11.8 Å². The summed E-state index contributed by atoms with van der Waals surface area (Å²) in [6.45, 7) is 8.07. The highest BCUT2D eigenvalue weighted by atomic mass is 32.2. The number of allylic oxidation sites excluding steroid dienone is 1. The molecule has 0 aliphatic carbocycles. The van der Waals surface area contributed by atoms with Gasteiger partial charge in [-0.1, -0.05) is 33.3 Å². The molecule has 0 bridgehead atoms. The lowest BCUT2D eigenvalue weighted by Crippen LogP contribution is -2.34. The van der Waals surface area contributed by atoms with Crippen LogP contribution in [0.2, 0.25) is 0 Å². The Morgan fingerprint density at radius 2 is 1.52 bits per heavy atom. The lowest BCUT2D eigenvalue weighted by Gasteiger charge is -2.14. The maximum Gasteiger partial charge on any atom is 0.327 e. The summed E-state index contributed by atoms with van der Waals surface area (Å²) in [6.07, 6.45) is 2.32. The molecule has 0 saturated heterocycles. The molecule has 8 heteroatoms. The zero-order valence-corrected chi connectivity index (χ0v) is 14.8. The van der Waals surface area contributed by atoms with E-state index in [-0.39, 0.29) is 6.61 Å². The molecule has 0 spiro atoms. The number of hydrogen-bond acceptors (Lipinski definition) is 5. The third kappa shape index (κ3) is 10.1. The summed E-state index contributed by atoms with van der Waals surface area (Å²) < 4.78 is 35.9. The molecule has 0 aromatic rings. The molecule has 0 aliphatic heterocycles. The van der Waals surface area contributed by atoms with Gasteiger partial charge in [0.2, 0.25) is 0 Å². The molecule has 134 valence electrons. The fourth-order valence-electron chi connectivity index (χ4n) is 2.10. The van der Waals surface area contributed by atoms with Gasteiger partial charge in [-0.2, -0.15) is 8.42 Å². The van der Waals surface area contributed by atoms with Crippen LogP contribution in [0.5, 0.6) is 0 Å². The van der Waals surface area contributed by atoms with Crippen LogP contribution in [0.15, 0.2) is 11.6 Å². The van der Waals surface area contributed by atoms with Gasteiger partial charge in [-0.25, -0.2) is 0 Å². The van der Waals surface area contributed by atoms with E-state index in [1.165, 1.54) is 0 Å². The minimum Gasteiger partial charge on any atom is -0.481 e. The van der Waals surface area contributed by atoms with Crippen LogP contribution in [0.25, 0.3) is 0 Å². The number of hydrogen-bond donors (Lipinski definition) is 2. The Morgan fingerprint density at radius 3 is 1.87 bits per heavy atom. The van der Waals surface area contributed by atoms with Gasteiger partial charge in [-0.3, -0.25) is 14.1 Å². The number of ether oxygens (including phenoxy) is 1. The van der Waals surface area contributed by atoms with Crippen LogP contribution < -0.4 is 0 Å². The number of rotatable bonds is 10. The number of carbonyl (C=O) groups is 2. The molecule has 0 aromatic heterocycles. The Hall–Kier alpha value is -1.41. The monoisotopic (exact) mass is 350 g/mol. The standard InChI is InChI=1S/C15H26O7S/c1-10(2)7-12(8-11(3)4)5-6-22-15(18)13(9-14(16)17)23(19,20)21/h5,10-11,13H,6-9H2,1-4H3,(H,16,17)(H,19,20,21). The molecule has 0 amide bonds. The van der Waals surface area contributed by atoms with Crippen LogP contribution in [0.1, 0.15) is 47.0 Å². The SMILES string of the molecule is CC(C)CC(=CCOC(=O)C(CC(=O)O)S(=O)(=O)O)CC(C)C. The molecular weight excluding hydrogens is 324 g/mol. The van der Waals surface area contributed by atoms with Crippen LogP contribution in [-0.4, -0.2) is 41.9 Å². The van der Waals surface area contributed by atoms with Crippen molar-refractivity contribution in [1.82, 2.24) is 0 Å². The first-order valence-electron chi connectivity index (χ1n) is 7.46. The first-order valence-corrected chi connectivity index (χ1v) is 8.96. The second kappa shape index (κ2) is 9.67. The van der Waals surface area contributed by atoms with E-state index < -0.39 is 33.7 Å². The smallest absolute Gasteiger partial charge is 0.327 e. The maximum absolute atomic E-state index is 11.7. The molecule has 0 fully saturated rings. The Labute approximate surface area is 137 Å². The van der Waals surface area contributed by atoms with Crippen LogP contribution in [0, 0.1) is 11.8 Å². The number of carbonyl (C=O) groups excluding carboxylic acids is 1. The third-order valence-corrected chi connectivity index (χ3v) is 4.00. The molecule has 0 aliphatic rings. The highest BCUT2D eigenvalue weighted by Crippen LogP contribution is 2.19. The van der Waals surface area contributed by atoms with Gasteiger partial charge >= 0.3 is 11.9 Å². The number of carboxylic acids is 1. The van der Waals surface area contributed by atoms with E-state index in [0.717, 1.165) is 18.4 Å². The Morgan fingerprint density at radius 1 is 1.04 bits per heavy atom. The van der Waals surface area contributed by atoms with Gasteiger partial charge in [0.15, 0.2) is 5.25 Å². The van der Waals surface area contributed by atoms with Crippen molar-refractivity contribution in [3.63, 3.8) is 0 Å². The van der Waals surface area contributed by atoms with Crippen molar-refractivity contribution in [3.05, 3.63) is 11.6 Å². The van der Waals surface area contributed by atoms with Gasteiger partial charge in [0, 0.05) is 0 Å². The van der Waals surface area contributed by atoms with Crippen molar-refractivity contribution in [3.8, 4) is 0 Å². The molecule has 0 aromatic carbocycles. The molecule has 2 N–H and O–H groups in total. The van der Waals surface area contributed by atoms with Crippen LogP contribution in [0.3, 0.4) is 0 Å². The average Bonchev–Trinajstić information content (AvgIpc) is 2.32.